The fourth-order valence-electron chi connectivity index (χ4n) is 0.356. The molecule has 0 aliphatic heterocycles. The van der Waals surface area contributed by atoms with Gasteiger partial charge in [-0.3, -0.25) is 0 Å². The molecule has 0 amide bonds. The summed E-state index contributed by atoms with van der Waals surface area (Å²) in [5.41, 5.74) is 0. The standard InChI is InChI=1S/C4F10.Li.H2O3S/c5-1(6,3(9,10)11)2(7,8)4(12,13)14;;1-4(2)3/h;;(H2,1,2,3)/q;+1;/p-1. The van der Waals surface area contributed by atoms with Crippen molar-refractivity contribution >= 4 is 11.4 Å². The third-order valence-corrected chi connectivity index (χ3v) is 1.11. The Morgan fingerprint density at radius 2 is 0.842 bits per heavy atom. The van der Waals surface area contributed by atoms with E-state index in [1.807, 2.05) is 0 Å². The van der Waals surface area contributed by atoms with Crippen LogP contribution in [0.5, 0.6) is 0 Å². The van der Waals surface area contributed by atoms with Crippen LogP contribution in [0.4, 0.5) is 43.9 Å². The van der Waals surface area contributed by atoms with Crippen molar-refractivity contribution in [3.05, 3.63) is 0 Å². The summed E-state index contributed by atoms with van der Waals surface area (Å²) in [6, 6.07) is 0. The number of hydrogen-bond donors (Lipinski definition) is 1. The topological polar surface area (TPSA) is 60.4 Å². The van der Waals surface area contributed by atoms with Gasteiger partial charge in [-0.05, 0) is 0 Å². The van der Waals surface area contributed by atoms with Gasteiger partial charge in [-0.1, -0.05) is 0 Å². The Morgan fingerprint density at radius 1 is 0.737 bits per heavy atom. The first-order valence-corrected chi connectivity index (χ1v) is 4.19. The Kier molecular flexibility index (Phi) is 8.99. The van der Waals surface area contributed by atoms with E-state index in [0.29, 0.717) is 0 Å². The van der Waals surface area contributed by atoms with Gasteiger partial charge in [0.15, 0.2) is 0 Å². The van der Waals surface area contributed by atoms with E-state index < -0.39 is 35.6 Å². The van der Waals surface area contributed by atoms with Crippen molar-refractivity contribution in [1.82, 2.24) is 0 Å². The second kappa shape index (κ2) is 7.11. The van der Waals surface area contributed by atoms with Crippen molar-refractivity contribution < 1.29 is 76.1 Å². The third-order valence-electron chi connectivity index (χ3n) is 1.11. The van der Waals surface area contributed by atoms with Crippen LogP contribution in [0.15, 0.2) is 0 Å². The molecule has 0 aliphatic carbocycles. The molecule has 0 saturated carbocycles. The molecule has 0 heterocycles. The Hall–Kier alpha value is -0.0326. The van der Waals surface area contributed by atoms with Gasteiger partial charge in [-0.2, -0.15) is 43.9 Å². The molecule has 0 aromatic rings. The third kappa shape index (κ3) is 6.30. The van der Waals surface area contributed by atoms with Crippen molar-refractivity contribution in [3.63, 3.8) is 0 Å². The molecule has 0 fully saturated rings. The van der Waals surface area contributed by atoms with Gasteiger partial charge >= 0.3 is 43.1 Å². The monoisotopic (exact) mass is 326 g/mol. The molecule has 0 bridgehead atoms. The van der Waals surface area contributed by atoms with E-state index in [-0.39, 0.29) is 18.9 Å². The Balaban J connectivity index is -0.000000448. The number of halogens is 10. The molecular formula is C4HF10LiO3S. The fourth-order valence-corrected chi connectivity index (χ4v) is 0.356. The molecule has 0 aromatic heterocycles. The fraction of sp³-hybridized carbons (Fsp3) is 1.00. The van der Waals surface area contributed by atoms with E-state index in [4.69, 9.17) is 13.3 Å². The van der Waals surface area contributed by atoms with E-state index in [2.05, 4.69) is 0 Å². The molecule has 3 nitrogen and oxygen atoms in total. The predicted molar refractivity (Wildman–Crippen MR) is 33.6 cm³/mol. The summed E-state index contributed by atoms with van der Waals surface area (Å²) in [7, 11) is 0. The van der Waals surface area contributed by atoms with Crippen LogP contribution in [0.25, 0.3) is 0 Å². The zero-order valence-corrected chi connectivity index (χ0v) is 9.27. The molecule has 0 aliphatic rings. The van der Waals surface area contributed by atoms with Crippen LogP contribution in [0.2, 0.25) is 0 Å². The van der Waals surface area contributed by atoms with Crippen LogP contribution in [0.3, 0.4) is 0 Å². The predicted octanol–water partition coefficient (Wildman–Crippen LogP) is -0.276. The molecule has 1 atom stereocenters. The van der Waals surface area contributed by atoms with Crippen LogP contribution >= 0.6 is 0 Å². The van der Waals surface area contributed by atoms with Gasteiger partial charge in [-0.25, -0.2) is 4.21 Å². The van der Waals surface area contributed by atoms with Crippen molar-refractivity contribution in [2.45, 2.75) is 24.2 Å². The average molecular weight is 326 g/mol. The molecule has 19 heavy (non-hydrogen) atoms. The SMILES string of the molecule is FC(F)(F)C(F)(F)C(F)(F)C(F)(F)F.O=S([O-])O.[Li+]. The first-order chi connectivity index (χ1) is 7.48. The van der Waals surface area contributed by atoms with Gasteiger partial charge in [0, 0.05) is 0 Å². The van der Waals surface area contributed by atoms with E-state index in [1.54, 1.807) is 0 Å². The van der Waals surface area contributed by atoms with Gasteiger partial charge in [0.05, 0.1) is 11.4 Å². The number of alkyl halides is 10. The molecular weight excluding hydrogens is 325 g/mol. The summed E-state index contributed by atoms with van der Waals surface area (Å²) in [6.45, 7) is 0. The van der Waals surface area contributed by atoms with Gasteiger partial charge < -0.3 is 9.11 Å². The Morgan fingerprint density at radius 3 is 0.895 bits per heavy atom. The second-order valence-electron chi connectivity index (χ2n) is 2.36. The molecule has 0 spiro atoms. The molecule has 0 aromatic carbocycles. The second-order valence-corrected chi connectivity index (χ2v) is 2.80. The normalized spacial score (nSPS) is 14.9. The van der Waals surface area contributed by atoms with E-state index in [0.717, 1.165) is 0 Å². The molecule has 0 saturated heterocycles. The quantitative estimate of drug-likeness (QED) is 0.410. The van der Waals surface area contributed by atoms with Gasteiger partial charge in [0.25, 0.3) is 0 Å². The summed E-state index contributed by atoms with van der Waals surface area (Å²) >= 11 is -2.86. The average Bonchev–Trinajstić information content (AvgIpc) is 1.97. The van der Waals surface area contributed by atoms with Gasteiger partial charge in [0.1, 0.15) is 0 Å². The summed E-state index contributed by atoms with van der Waals surface area (Å²) in [6.07, 6.45) is -13.9. The summed E-state index contributed by atoms with van der Waals surface area (Å²) in [5.74, 6) is -14.3. The summed E-state index contributed by atoms with van der Waals surface area (Å²) < 4.78 is 137. The zero-order valence-electron chi connectivity index (χ0n) is 8.45. The number of hydrogen-bond acceptors (Lipinski definition) is 2. The van der Waals surface area contributed by atoms with Crippen LogP contribution < -0.4 is 18.9 Å². The Labute approximate surface area is 112 Å². The van der Waals surface area contributed by atoms with E-state index in [1.165, 1.54) is 0 Å². The van der Waals surface area contributed by atoms with Crippen molar-refractivity contribution in [3.8, 4) is 0 Å². The minimum absolute atomic E-state index is 0. The van der Waals surface area contributed by atoms with Crippen LogP contribution in [-0.2, 0) is 11.4 Å². The smallest absolute Gasteiger partial charge is 0.750 e. The molecule has 112 valence electrons. The minimum Gasteiger partial charge on any atom is -0.750 e. The van der Waals surface area contributed by atoms with Crippen LogP contribution in [-0.4, -0.2) is 37.5 Å². The maximum atomic E-state index is 11.6. The largest absolute Gasteiger partial charge is 1.00 e. The first kappa shape index (κ1) is 24.0. The van der Waals surface area contributed by atoms with Crippen LogP contribution in [0, 0.1) is 0 Å². The zero-order chi connectivity index (χ0) is 15.6. The molecule has 15 heteroatoms. The maximum absolute atomic E-state index is 11.6. The van der Waals surface area contributed by atoms with Gasteiger partial charge in [-0.15, -0.1) is 0 Å². The van der Waals surface area contributed by atoms with Crippen molar-refractivity contribution in [1.29, 1.82) is 0 Å². The Bertz CT molecular complexity index is 270. The maximum Gasteiger partial charge on any atom is 1.00 e. The molecule has 0 rings (SSSR count). The molecule has 1 N–H and O–H groups in total. The molecule has 1 unspecified atom stereocenters. The number of rotatable bonds is 1. The molecule has 0 radical (unpaired) electrons. The van der Waals surface area contributed by atoms with Crippen molar-refractivity contribution in [2.75, 3.05) is 0 Å². The van der Waals surface area contributed by atoms with Crippen LogP contribution in [0.1, 0.15) is 0 Å². The van der Waals surface area contributed by atoms with E-state index >= 15 is 0 Å². The van der Waals surface area contributed by atoms with Crippen molar-refractivity contribution in [2.24, 2.45) is 0 Å². The van der Waals surface area contributed by atoms with E-state index in [9.17, 15) is 43.9 Å². The first-order valence-electron chi connectivity index (χ1n) is 3.16. The summed E-state index contributed by atoms with van der Waals surface area (Å²) in [4.78, 5) is 0. The minimum atomic E-state index is -7.14. The van der Waals surface area contributed by atoms with Gasteiger partial charge in [0.2, 0.25) is 0 Å². The summed E-state index contributed by atoms with van der Waals surface area (Å²) in [5, 5.41) is 0.